The summed E-state index contributed by atoms with van der Waals surface area (Å²) in [5.41, 5.74) is 23.8. The molecular formula is C75H43NOS2. The minimum atomic E-state index is -0.643. The Morgan fingerprint density at radius 1 is 0.316 bits per heavy atom. The van der Waals surface area contributed by atoms with Gasteiger partial charge in [-0.1, -0.05) is 218 Å². The lowest BCUT2D eigenvalue weighted by molar-refractivity contribution is 0.436. The maximum atomic E-state index is 6.76. The molecule has 0 radical (unpaired) electrons. The quantitative estimate of drug-likeness (QED) is 0.175. The summed E-state index contributed by atoms with van der Waals surface area (Å²) in [6, 6.07) is 105. The molecule has 0 atom stereocenters. The second-order valence-electron chi connectivity index (χ2n) is 21.5. The summed E-state index contributed by atoms with van der Waals surface area (Å²) >= 11 is 3.77. The number of ether oxygens (including phenoxy) is 1. The fourth-order valence-corrected chi connectivity index (χ4v) is 17.7. The molecule has 4 heteroatoms. The molecule has 0 fully saturated rings. The van der Waals surface area contributed by atoms with E-state index in [1.807, 2.05) is 29.6 Å². The third-order valence-corrected chi connectivity index (χ3v) is 20.4. The van der Waals surface area contributed by atoms with Crippen molar-refractivity contribution in [3.05, 3.63) is 340 Å². The van der Waals surface area contributed by atoms with Crippen LogP contribution in [0.25, 0.3) is 33.4 Å². The molecule has 18 rings (SSSR count). The fourth-order valence-electron chi connectivity index (χ4n) is 15.3. The number of para-hydroxylation sites is 2. The van der Waals surface area contributed by atoms with Crippen LogP contribution in [0.3, 0.4) is 0 Å². The predicted octanol–water partition coefficient (Wildman–Crippen LogP) is 18.9. The van der Waals surface area contributed by atoms with Crippen molar-refractivity contribution in [1.29, 1.82) is 0 Å². The summed E-state index contributed by atoms with van der Waals surface area (Å²) < 4.78 is 6.76. The molecule has 12 aromatic carbocycles. The largest absolute Gasteiger partial charge is 0.457 e. The Balaban J connectivity index is 0.950. The second kappa shape index (κ2) is 15.9. The van der Waals surface area contributed by atoms with Gasteiger partial charge >= 0.3 is 0 Å². The number of hydrogen-bond acceptors (Lipinski definition) is 4. The van der Waals surface area contributed by atoms with Crippen LogP contribution >= 0.6 is 23.5 Å². The van der Waals surface area contributed by atoms with E-state index in [9.17, 15) is 0 Å². The standard InChI is InChI=1S/C75H43NOS2/c1-4-23-53-48(20-1)50-42-40-47(45-64(50)75(53)61-30-11-17-38-70(61)79-71-39-18-12-31-62(71)75)76(46-41-43-56-52(44-46)49-21-2-5-24-54(49)73(56)57-26-7-13-34-66(57)77-67-35-14-8-27-58(67)73)65-33-19-32-63-72(65)51-22-3-6-25-55(51)74(63)59-28-9-15-36-68(59)78-69-37-16-10-29-60(69)74/h1,3-20,22-45H. The fraction of sp³-hybridized carbons (Fsp3) is 0.0400. The molecule has 366 valence electrons. The topological polar surface area (TPSA) is 12.5 Å². The highest BCUT2D eigenvalue weighted by molar-refractivity contribution is 7.99. The molecule has 0 amide bonds. The third kappa shape index (κ3) is 5.42. The van der Waals surface area contributed by atoms with Gasteiger partial charge in [-0.3, -0.25) is 0 Å². The molecule has 3 spiro atoms. The van der Waals surface area contributed by atoms with Crippen molar-refractivity contribution >= 4 is 40.6 Å². The highest BCUT2D eigenvalue weighted by Gasteiger charge is 2.54. The van der Waals surface area contributed by atoms with Gasteiger partial charge in [-0.25, -0.2) is 0 Å². The van der Waals surface area contributed by atoms with Gasteiger partial charge in [0.2, 0.25) is 0 Å². The van der Waals surface area contributed by atoms with Gasteiger partial charge in [0.1, 0.15) is 11.5 Å². The average molecular weight is 1040 g/mol. The van der Waals surface area contributed by atoms with Crippen LogP contribution in [0.1, 0.15) is 66.8 Å². The van der Waals surface area contributed by atoms with E-state index in [-0.39, 0.29) is 0 Å². The Labute approximate surface area is 467 Å². The zero-order valence-electron chi connectivity index (χ0n) is 42.5. The Morgan fingerprint density at radius 2 is 0.759 bits per heavy atom. The SMILES string of the molecule is c1ccc2c(c#1)-c1cc(N(c3ccc4c(c3)C3(c5ccccc5Sc5ccccc53)c3ccccc3-4)c3cccc4c3-c3ccccc3C43c4ccccc4Sc4ccccc43)ccc1C21c2ccccc2Oc2ccccc21. The molecule has 0 bridgehead atoms. The van der Waals surface area contributed by atoms with Gasteiger partial charge in [0.05, 0.1) is 21.9 Å². The van der Waals surface area contributed by atoms with Crippen LogP contribution in [0.5, 0.6) is 11.5 Å². The summed E-state index contributed by atoms with van der Waals surface area (Å²) in [6.45, 7) is 0. The van der Waals surface area contributed by atoms with Crippen LogP contribution in [-0.4, -0.2) is 0 Å². The van der Waals surface area contributed by atoms with Crippen molar-refractivity contribution in [1.82, 2.24) is 0 Å². The van der Waals surface area contributed by atoms with Crippen molar-refractivity contribution in [2.75, 3.05) is 4.90 Å². The smallest absolute Gasteiger partial charge is 0.132 e. The normalized spacial score (nSPS) is 15.3. The summed E-state index contributed by atoms with van der Waals surface area (Å²) in [5, 5.41) is 0. The lowest BCUT2D eigenvalue weighted by Gasteiger charge is -2.40. The molecule has 3 aliphatic heterocycles. The van der Waals surface area contributed by atoms with Gasteiger partial charge in [0.15, 0.2) is 0 Å². The van der Waals surface area contributed by atoms with Gasteiger partial charge in [-0.2, -0.15) is 0 Å². The first-order valence-electron chi connectivity index (χ1n) is 27.1. The lowest BCUT2D eigenvalue weighted by Crippen LogP contribution is -2.32. The van der Waals surface area contributed by atoms with Gasteiger partial charge in [0.25, 0.3) is 0 Å². The van der Waals surface area contributed by atoms with Crippen molar-refractivity contribution in [2.45, 2.75) is 35.8 Å². The van der Waals surface area contributed by atoms with Crippen molar-refractivity contribution in [2.24, 2.45) is 0 Å². The number of rotatable bonds is 3. The van der Waals surface area contributed by atoms with E-state index in [1.54, 1.807) is 0 Å². The van der Waals surface area contributed by atoms with E-state index in [1.165, 1.54) is 97.5 Å². The zero-order chi connectivity index (χ0) is 51.6. The van der Waals surface area contributed by atoms with Crippen LogP contribution in [0.2, 0.25) is 0 Å². The molecule has 0 saturated heterocycles. The number of anilines is 3. The van der Waals surface area contributed by atoms with E-state index in [0.29, 0.717) is 0 Å². The second-order valence-corrected chi connectivity index (χ2v) is 23.7. The van der Waals surface area contributed by atoms with Crippen LogP contribution < -0.4 is 9.64 Å². The highest BCUT2D eigenvalue weighted by atomic mass is 32.2. The highest BCUT2D eigenvalue weighted by Crippen LogP contribution is 2.67. The predicted molar refractivity (Wildman–Crippen MR) is 319 cm³/mol. The number of benzene rings is 11. The molecule has 12 aromatic rings. The maximum Gasteiger partial charge on any atom is 0.132 e. The molecule has 2 nitrogen and oxygen atoms in total. The Bertz CT molecular complexity index is 4510. The summed E-state index contributed by atoms with van der Waals surface area (Å²) in [5.74, 6) is 1.74. The van der Waals surface area contributed by atoms with Crippen molar-refractivity contribution in [3.8, 4) is 44.9 Å². The van der Waals surface area contributed by atoms with Gasteiger partial charge in [-0.05, 0) is 157 Å². The molecule has 3 heterocycles. The molecule has 0 saturated carbocycles. The molecule has 79 heavy (non-hydrogen) atoms. The Kier molecular flexibility index (Phi) is 8.84. The molecule has 0 N–H and O–H groups in total. The van der Waals surface area contributed by atoms with Crippen LogP contribution in [0.15, 0.2) is 280 Å². The first-order chi connectivity index (χ1) is 39.2. The minimum absolute atomic E-state index is 0.555. The first kappa shape index (κ1) is 43.8. The van der Waals surface area contributed by atoms with E-state index in [0.717, 1.165) is 50.8 Å². The van der Waals surface area contributed by atoms with Crippen LogP contribution in [0, 0.1) is 12.1 Å². The number of nitrogens with zero attached hydrogens (tertiary/aromatic N) is 1. The van der Waals surface area contributed by atoms with Gasteiger partial charge in [-0.15, -0.1) is 0 Å². The molecule has 3 aliphatic carbocycles. The van der Waals surface area contributed by atoms with Crippen LogP contribution in [-0.2, 0) is 16.2 Å². The molecule has 6 aliphatic rings. The molecular weight excluding hydrogens is 995 g/mol. The Morgan fingerprint density at radius 3 is 1.38 bits per heavy atom. The van der Waals surface area contributed by atoms with Gasteiger partial charge in [0, 0.05) is 53.2 Å². The van der Waals surface area contributed by atoms with E-state index in [2.05, 4.69) is 272 Å². The molecule has 0 unspecified atom stereocenters. The third-order valence-electron chi connectivity index (χ3n) is 18.1. The van der Waals surface area contributed by atoms with E-state index < -0.39 is 16.2 Å². The average Bonchev–Trinajstić information content (AvgIpc) is 3.89. The summed E-state index contributed by atoms with van der Waals surface area (Å²) in [6.07, 6.45) is 0. The lowest BCUT2D eigenvalue weighted by atomic mass is 9.66. The van der Waals surface area contributed by atoms with Crippen molar-refractivity contribution in [3.63, 3.8) is 0 Å². The zero-order valence-corrected chi connectivity index (χ0v) is 44.1. The summed E-state index contributed by atoms with van der Waals surface area (Å²) in [4.78, 5) is 7.73. The van der Waals surface area contributed by atoms with Crippen molar-refractivity contribution < 1.29 is 4.74 Å². The number of hydrogen-bond donors (Lipinski definition) is 0. The molecule has 0 aromatic heterocycles. The van der Waals surface area contributed by atoms with E-state index >= 15 is 0 Å². The van der Waals surface area contributed by atoms with E-state index in [4.69, 9.17) is 4.74 Å². The summed E-state index contributed by atoms with van der Waals surface area (Å²) in [7, 11) is 0. The van der Waals surface area contributed by atoms with Gasteiger partial charge < -0.3 is 9.64 Å². The minimum Gasteiger partial charge on any atom is -0.457 e. The monoisotopic (exact) mass is 1040 g/mol. The first-order valence-corrected chi connectivity index (χ1v) is 28.8. The maximum absolute atomic E-state index is 6.76. The number of fused-ring (bicyclic) bond motifs is 27. The Hall–Kier alpha value is -9.24. The van der Waals surface area contributed by atoms with Crippen LogP contribution in [0.4, 0.5) is 17.1 Å².